The van der Waals surface area contributed by atoms with Crippen molar-refractivity contribution in [2.45, 2.75) is 12.7 Å². The van der Waals surface area contributed by atoms with Gasteiger partial charge >= 0.3 is 12.1 Å². The quantitative estimate of drug-likeness (QED) is 0.561. The third-order valence-electron chi connectivity index (χ3n) is 4.33. The van der Waals surface area contributed by atoms with Gasteiger partial charge in [0.15, 0.2) is 5.69 Å². The maximum Gasteiger partial charge on any atom is 0.406 e. The molecule has 0 bridgehead atoms. The second kappa shape index (κ2) is 6.19. The van der Waals surface area contributed by atoms with Crippen LogP contribution < -0.4 is 5.56 Å². The summed E-state index contributed by atoms with van der Waals surface area (Å²) in [7, 11) is 0. The highest BCUT2D eigenvalue weighted by atomic mass is 19.4. The van der Waals surface area contributed by atoms with E-state index in [1.54, 1.807) is 6.07 Å². The van der Waals surface area contributed by atoms with Crippen LogP contribution in [0.4, 0.5) is 13.2 Å². The third-order valence-corrected chi connectivity index (χ3v) is 4.33. The Kier molecular flexibility index (Phi) is 3.91. The summed E-state index contributed by atoms with van der Waals surface area (Å²) in [5.41, 5.74) is -0.198. The van der Waals surface area contributed by atoms with E-state index in [-0.39, 0.29) is 22.2 Å². The molecular formula is C18H11F3N4O3. The molecule has 0 spiro atoms. The number of pyridine rings is 2. The molecule has 3 heterocycles. The Bertz CT molecular complexity index is 1290. The van der Waals surface area contributed by atoms with Crippen molar-refractivity contribution in [1.82, 2.24) is 19.7 Å². The molecule has 0 saturated heterocycles. The fourth-order valence-electron chi connectivity index (χ4n) is 3.19. The fraction of sp³-hybridized carbons (Fsp3) is 0.111. The summed E-state index contributed by atoms with van der Waals surface area (Å²) >= 11 is 0. The number of rotatable bonds is 3. The smallest absolute Gasteiger partial charge is 0.406 e. The molecule has 3 aromatic heterocycles. The van der Waals surface area contributed by atoms with Crippen LogP contribution in [0.1, 0.15) is 10.5 Å². The highest BCUT2D eigenvalue weighted by molar-refractivity contribution is 6.05. The number of halogens is 3. The Morgan fingerprint density at radius 3 is 2.71 bits per heavy atom. The summed E-state index contributed by atoms with van der Waals surface area (Å²) in [6, 6.07) is 7.46. The summed E-state index contributed by atoms with van der Waals surface area (Å²) in [6.07, 6.45) is -2.13. The molecule has 1 aromatic carbocycles. The summed E-state index contributed by atoms with van der Waals surface area (Å²) in [5.74, 6) is -1.27. The highest BCUT2D eigenvalue weighted by Gasteiger charge is 2.30. The van der Waals surface area contributed by atoms with Crippen LogP contribution in [0.5, 0.6) is 0 Å². The molecule has 0 atom stereocenters. The van der Waals surface area contributed by atoms with E-state index in [4.69, 9.17) is 0 Å². The summed E-state index contributed by atoms with van der Waals surface area (Å²) in [5, 5.41) is 16.1. The average molecular weight is 388 g/mol. The first kappa shape index (κ1) is 17.7. The van der Waals surface area contributed by atoms with Gasteiger partial charge in [0, 0.05) is 17.1 Å². The number of alkyl halides is 3. The van der Waals surface area contributed by atoms with Gasteiger partial charge in [-0.25, -0.2) is 9.78 Å². The van der Waals surface area contributed by atoms with Crippen molar-refractivity contribution in [3.05, 3.63) is 58.8 Å². The lowest BCUT2D eigenvalue weighted by atomic mass is 10.0. The van der Waals surface area contributed by atoms with Crippen LogP contribution in [0.3, 0.4) is 0 Å². The van der Waals surface area contributed by atoms with Gasteiger partial charge < -0.3 is 5.11 Å². The van der Waals surface area contributed by atoms with Crippen LogP contribution in [0.2, 0.25) is 0 Å². The van der Waals surface area contributed by atoms with Crippen molar-refractivity contribution in [1.29, 1.82) is 0 Å². The van der Waals surface area contributed by atoms with Crippen LogP contribution in [-0.4, -0.2) is 37.0 Å². The van der Waals surface area contributed by atoms with Gasteiger partial charge in [0.1, 0.15) is 6.54 Å². The first-order valence-corrected chi connectivity index (χ1v) is 8.01. The molecule has 4 aromatic rings. The average Bonchev–Trinajstić information content (AvgIpc) is 3.14. The number of hydrogen-bond donors (Lipinski definition) is 2. The maximum absolute atomic E-state index is 13.1. The second-order valence-corrected chi connectivity index (χ2v) is 6.10. The van der Waals surface area contributed by atoms with Crippen molar-refractivity contribution in [2.75, 3.05) is 0 Å². The molecule has 142 valence electrons. The Morgan fingerprint density at radius 1 is 1.21 bits per heavy atom. The zero-order chi connectivity index (χ0) is 20.1. The largest absolute Gasteiger partial charge is 0.476 e. The Labute approximate surface area is 154 Å². The summed E-state index contributed by atoms with van der Waals surface area (Å²) in [6.45, 7) is -1.48. The van der Waals surface area contributed by atoms with Crippen LogP contribution in [-0.2, 0) is 6.54 Å². The van der Waals surface area contributed by atoms with Gasteiger partial charge in [0.05, 0.1) is 22.6 Å². The molecule has 4 rings (SSSR count). The number of carboxylic acid groups (broad SMARTS) is 1. The van der Waals surface area contributed by atoms with E-state index in [2.05, 4.69) is 15.2 Å². The number of aromatic nitrogens is 4. The van der Waals surface area contributed by atoms with Crippen LogP contribution in [0.15, 0.2) is 47.5 Å². The first-order valence-electron chi connectivity index (χ1n) is 8.01. The van der Waals surface area contributed by atoms with E-state index < -0.39 is 24.2 Å². The van der Waals surface area contributed by atoms with E-state index in [1.807, 2.05) is 0 Å². The lowest BCUT2D eigenvalue weighted by Crippen LogP contribution is -2.28. The normalized spacial score (nSPS) is 12.0. The van der Waals surface area contributed by atoms with Gasteiger partial charge in [-0.2, -0.15) is 18.3 Å². The van der Waals surface area contributed by atoms with Gasteiger partial charge in [-0.05, 0) is 17.7 Å². The number of nitrogens with one attached hydrogen (secondary N) is 1. The number of nitrogens with zero attached hydrogens (tertiary/aromatic N) is 3. The molecule has 0 aliphatic carbocycles. The van der Waals surface area contributed by atoms with Crippen LogP contribution in [0, 0.1) is 0 Å². The minimum absolute atomic E-state index is 0.0109. The molecule has 0 unspecified atom stereocenters. The van der Waals surface area contributed by atoms with Gasteiger partial charge in [-0.1, -0.05) is 18.2 Å². The van der Waals surface area contributed by atoms with Crippen molar-refractivity contribution in [3.8, 4) is 11.1 Å². The number of aromatic carboxylic acids is 1. The Hall–Kier alpha value is -3.69. The number of fused-ring (bicyclic) bond motifs is 3. The predicted molar refractivity (Wildman–Crippen MR) is 94.1 cm³/mol. The molecule has 0 aliphatic heterocycles. The molecule has 2 N–H and O–H groups in total. The monoisotopic (exact) mass is 388 g/mol. The van der Waals surface area contributed by atoms with Crippen molar-refractivity contribution < 1.29 is 23.1 Å². The SMILES string of the molecule is O=C(O)c1ncccc1-c1ccc2c3[nH]ncc3c(=O)n(CC(F)(F)F)c2c1. The van der Waals surface area contributed by atoms with Gasteiger partial charge in [0.25, 0.3) is 5.56 Å². The molecule has 0 aliphatic rings. The van der Waals surface area contributed by atoms with E-state index in [9.17, 15) is 27.9 Å². The lowest BCUT2D eigenvalue weighted by Gasteiger charge is -2.15. The Morgan fingerprint density at radius 2 is 2.00 bits per heavy atom. The number of carboxylic acids is 1. The van der Waals surface area contributed by atoms with E-state index >= 15 is 0 Å². The molecule has 0 saturated carbocycles. The molecular weight excluding hydrogens is 377 g/mol. The van der Waals surface area contributed by atoms with Crippen LogP contribution >= 0.6 is 0 Å². The van der Waals surface area contributed by atoms with Gasteiger partial charge in [-0.15, -0.1) is 0 Å². The highest BCUT2D eigenvalue weighted by Crippen LogP contribution is 2.30. The molecule has 0 amide bonds. The number of benzene rings is 1. The molecule has 0 fully saturated rings. The molecule has 0 radical (unpaired) electrons. The number of aromatic amines is 1. The molecule has 10 heteroatoms. The topological polar surface area (TPSA) is 101 Å². The maximum atomic E-state index is 13.1. The second-order valence-electron chi connectivity index (χ2n) is 6.10. The fourth-order valence-corrected chi connectivity index (χ4v) is 3.19. The van der Waals surface area contributed by atoms with Gasteiger partial charge in [0.2, 0.25) is 0 Å². The zero-order valence-corrected chi connectivity index (χ0v) is 14.0. The minimum Gasteiger partial charge on any atom is -0.476 e. The number of carbonyl (C=O) groups is 1. The molecule has 28 heavy (non-hydrogen) atoms. The predicted octanol–water partition coefficient (Wildman–Crippen LogP) is 3.20. The van der Waals surface area contributed by atoms with E-state index in [0.29, 0.717) is 21.0 Å². The minimum atomic E-state index is -4.62. The summed E-state index contributed by atoms with van der Waals surface area (Å²) in [4.78, 5) is 27.8. The first-order chi connectivity index (χ1) is 13.3. The van der Waals surface area contributed by atoms with Gasteiger partial charge in [-0.3, -0.25) is 14.5 Å². The van der Waals surface area contributed by atoms with Crippen molar-refractivity contribution in [2.24, 2.45) is 0 Å². The van der Waals surface area contributed by atoms with Crippen molar-refractivity contribution >= 4 is 27.8 Å². The lowest BCUT2D eigenvalue weighted by molar-refractivity contribution is -0.140. The number of hydrogen-bond acceptors (Lipinski definition) is 4. The standard InChI is InChI=1S/C18H11F3N4O3/c19-18(20,21)8-25-13-6-9(10-2-1-5-22-15(10)17(27)28)3-4-11(13)14-12(16(25)26)7-23-24-14/h1-7H,8H2,(H,23,24)(H,27,28). The molecule has 7 nitrogen and oxygen atoms in total. The van der Waals surface area contributed by atoms with Crippen LogP contribution in [0.25, 0.3) is 32.9 Å². The zero-order valence-electron chi connectivity index (χ0n) is 14.0. The Balaban J connectivity index is 2.07. The number of H-pyrrole nitrogens is 1. The van der Waals surface area contributed by atoms with E-state index in [1.165, 1.54) is 36.7 Å². The van der Waals surface area contributed by atoms with Crippen molar-refractivity contribution in [3.63, 3.8) is 0 Å². The summed E-state index contributed by atoms with van der Waals surface area (Å²) < 4.78 is 39.9. The van der Waals surface area contributed by atoms with E-state index in [0.717, 1.165) is 0 Å². The third kappa shape index (κ3) is 2.88.